The fourth-order valence-corrected chi connectivity index (χ4v) is 1.59. The molecular weight excluding hydrogens is 239 g/mol. The number of halogens is 2. The van der Waals surface area contributed by atoms with Gasteiger partial charge in [0, 0.05) is 10.9 Å². The molecule has 0 atom stereocenters. The van der Waals surface area contributed by atoms with E-state index in [0.29, 0.717) is 5.56 Å². The van der Waals surface area contributed by atoms with Crippen LogP contribution in [0.5, 0.6) is 0 Å². The lowest BCUT2D eigenvalue weighted by molar-refractivity contribution is 0.108. The second kappa shape index (κ2) is 4.06. The molecule has 0 N–H and O–H groups in total. The topological polar surface area (TPSA) is 17.1 Å². The average Bonchev–Trinajstić information content (AvgIpc) is 2.03. The Labute approximate surface area is 84.9 Å². The van der Waals surface area contributed by atoms with Crippen molar-refractivity contribution in [2.45, 2.75) is 12.3 Å². The number of hydrogen-bond acceptors (Lipinski definition) is 1. The lowest BCUT2D eigenvalue weighted by Gasteiger charge is -2.01. The van der Waals surface area contributed by atoms with Crippen molar-refractivity contribution >= 4 is 32.8 Å². The molecule has 64 valence electrons. The quantitative estimate of drug-likeness (QED) is 0.579. The van der Waals surface area contributed by atoms with Crippen molar-refractivity contribution in [1.82, 2.24) is 0 Å². The summed E-state index contributed by atoms with van der Waals surface area (Å²) in [6, 6.07) is 5.59. The summed E-state index contributed by atoms with van der Waals surface area (Å²) < 4.78 is 0. The molecule has 0 unspecified atom stereocenters. The fraction of sp³-hybridized carbons (Fsp3) is 0.222. The second-order valence-corrected chi connectivity index (χ2v) is 3.46. The number of hydrogen-bond donors (Lipinski definition) is 0. The van der Waals surface area contributed by atoms with Gasteiger partial charge in [-0.25, -0.2) is 0 Å². The molecule has 1 rings (SSSR count). The van der Waals surface area contributed by atoms with Crippen molar-refractivity contribution in [1.29, 1.82) is 0 Å². The molecule has 0 aliphatic rings. The van der Waals surface area contributed by atoms with Crippen molar-refractivity contribution in [3.63, 3.8) is 0 Å². The van der Waals surface area contributed by atoms with Crippen LogP contribution in [0, 0.1) is 6.92 Å². The van der Waals surface area contributed by atoms with E-state index in [4.69, 9.17) is 11.6 Å². The fourth-order valence-electron chi connectivity index (χ4n) is 1.03. The van der Waals surface area contributed by atoms with E-state index in [-0.39, 0.29) is 0 Å². The van der Waals surface area contributed by atoms with E-state index >= 15 is 0 Å². The van der Waals surface area contributed by atoms with Crippen molar-refractivity contribution in [2.24, 2.45) is 0 Å². The van der Waals surface area contributed by atoms with Gasteiger partial charge in [0.25, 0.3) is 5.24 Å². The standard InChI is InChI=1S/C9H8BrClO/c1-6-4-7(5-10)2-3-8(6)9(11)12/h2-4H,5H2,1H3. The number of aryl methyl sites for hydroxylation is 1. The molecule has 1 aromatic carbocycles. The molecule has 0 radical (unpaired) electrons. The molecule has 0 aliphatic heterocycles. The molecular formula is C9H8BrClO. The number of carbonyl (C=O) groups is 1. The molecule has 1 aromatic rings. The zero-order valence-corrected chi connectivity index (χ0v) is 8.95. The lowest BCUT2D eigenvalue weighted by Crippen LogP contribution is -1.93. The average molecular weight is 248 g/mol. The van der Waals surface area contributed by atoms with Crippen LogP contribution < -0.4 is 0 Å². The Bertz CT molecular complexity index is 309. The van der Waals surface area contributed by atoms with Crippen LogP contribution in [0.15, 0.2) is 18.2 Å². The van der Waals surface area contributed by atoms with Crippen molar-refractivity contribution in [2.75, 3.05) is 0 Å². The maximum atomic E-state index is 10.8. The third-order valence-electron chi connectivity index (χ3n) is 1.66. The lowest BCUT2D eigenvalue weighted by atomic mass is 10.1. The van der Waals surface area contributed by atoms with E-state index in [1.807, 2.05) is 19.1 Å². The van der Waals surface area contributed by atoms with Gasteiger partial charge in [0.15, 0.2) is 0 Å². The summed E-state index contributed by atoms with van der Waals surface area (Å²) >= 11 is 8.69. The summed E-state index contributed by atoms with van der Waals surface area (Å²) in [7, 11) is 0. The van der Waals surface area contributed by atoms with E-state index in [0.717, 1.165) is 16.5 Å². The first-order valence-electron chi connectivity index (χ1n) is 3.50. The van der Waals surface area contributed by atoms with E-state index in [2.05, 4.69) is 15.9 Å². The van der Waals surface area contributed by atoms with Gasteiger partial charge in [-0.05, 0) is 35.7 Å². The summed E-state index contributed by atoms with van der Waals surface area (Å²) in [5.74, 6) is 0. The second-order valence-electron chi connectivity index (χ2n) is 2.56. The van der Waals surface area contributed by atoms with Crippen LogP contribution in [0.4, 0.5) is 0 Å². The van der Waals surface area contributed by atoms with Crippen molar-refractivity contribution in [3.05, 3.63) is 34.9 Å². The normalized spacial score (nSPS) is 9.92. The van der Waals surface area contributed by atoms with Crippen LogP contribution in [-0.4, -0.2) is 5.24 Å². The highest BCUT2D eigenvalue weighted by molar-refractivity contribution is 9.08. The van der Waals surface area contributed by atoms with Gasteiger partial charge in [-0.2, -0.15) is 0 Å². The van der Waals surface area contributed by atoms with Gasteiger partial charge in [0.2, 0.25) is 0 Å². The Hall–Kier alpha value is -0.340. The minimum absolute atomic E-state index is 0.395. The molecule has 0 aromatic heterocycles. The van der Waals surface area contributed by atoms with Gasteiger partial charge >= 0.3 is 0 Å². The molecule has 0 fully saturated rings. The first kappa shape index (κ1) is 9.75. The van der Waals surface area contributed by atoms with Crippen LogP contribution in [0.3, 0.4) is 0 Å². The Morgan fingerprint density at radius 3 is 2.67 bits per heavy atom. The van der Waals surface area contributed by atoms with Gasteiger partial charge < -0.3 is 0 Å². The maximum Gasteiger partial charge on any atom is 0.252 e. The van der Waals surface area contributed by atoms with Gasteiger partial charge in [-0.3, -0.25) is 4.79 Å². The van der Waals surface area contributed by atoms with Gasteiger partial charge in [0.05, 0.1) is 0 Å². The van der Waals surface area contributed by atoms with Crippen molar-refractivity contribution in [3.8, 4) is 0 Å². The predicted molar refractivity (Wildman–Crippen MR) is 54.0 cm³/mol. The molecule has 0 amide bonds. The molecule has 0 heterocycles. The highest BCUT2D eigenvalue weighted by Crippen LogP contribution is 2.15. The Morgan fingerprint density at radius 1 is 1.58 bits per heavy atom. The summed E-state index contributed by atoms with van der Waals surface area (Å²) in [6.07, 6.45) is 0. The summed E-state index contributed by atoms with van der Waals surface area (Å²) in [5, 5.41) is 0.401. The summed E-state index contributed by atoms with van der Waals surface area (Å²) in [6.45, 7) is 1.88. The van der Waals surface area contributed by atoms with Crippen LogP contribution in [-0.2, 0) is 5.33 Å². The molecule has 0 aliphatic carbocycles. The first-order chi connectivity index (χ1) is 5.65. The Morgan fingerprint density at radius 2 is 2.25 bits per heavy atom. The maximum absolute atomic E-state index is 10.8. The summed E-state index contributed by atoms with van der Waals surface area (Å²) in [5.41, 5.74) is 2.66. The van der Waals surface area contributed by atoms with E-state index < -0.39 is 5.24 Å². The number of rotatable bonds is 2. The highest BCUT2D eigenvalue weighted by atomic mass is 79.9. The monoisotopic (exact) mass is 246 g/mol. The molecule has 0 saturated heterocycles. The smallest absolute Gasteiger partial charge is 0.252 e. The SMILES string of the molecule is Cc1cc(CBr)ccc1C(=O)Cl. The Kier molecular flexibility index (Phi) is 3.29. The minimum atomic E-state index is -0.395. The minimum Gasteiger partial charge on any atom is -0.276 e. The zero-order chi connectivity index (χ0) is 9.14. The van der Waals surface area contributed by atoms with Gasteiger partial charge in [0.1, 0.15) is 0 Å². The van der Waals surface area contributed by atoms with Gasteiger partial charge in [-0.1, -0.05) is 28.1 Å². The number of carbonyl (C=O) groups excluding carboxylic acids is 1. The molecule has 1 nitrogen and oxygen atoms in total. The first-order valence-corrected chi connectivity index (χ1v) is 5.00. The third kappa shape index (κ3) is 2.08. The van der Waals surface area contributed by atoms with Crippen LogP contribution in [0.2, 0.25) is 0 Å². The highest BCUT2D eigenvalue weighted by Gasteiger charge is 2.05. The molecule has 3 heteroatoms. The largest absolute Gasteiger partial charge is 0.276 e. The molecule has 0 spiro atoms. The zero-order valence-electron chi connectivity index (χ0n) is 6.60. The van der Waals surface area contributed by atoms with Crippen molar-refractivity contribution < 1.29 is 4.79 Å². The molecule has 12 heavy (non-hydrogen) atoms. The van der Waals surface area contributed by atoms with Crippen LogP contribution in [0.1, 0.15) is 21.5 Å². The number of alkyl halides is 1. The summed E-state index contributed by atoms with van der Waals surface area (Å²) in [4.78, 5) is 10.8. The van der Waals surface area contributed by atoms with Gasteiger partial charge in [-0.15, -0.1) is 0 Å². The predicted octanol–water partition coefficient (Wildman–Crippen LogP) is 3.27. The molecule has 0 bridgehead atoms. The van der Waals surface area contributed by atoms with Crippen LogP contribution >= 0.6 is 27.5 Å². The van der Waals surface area contributed by atoms with E-state index in [9.17, 15) is 4.79 Å². The van der Waals surface area contributed by atoms with E-state index in [1.54, 1.807) is 6.07 Å². The van der Waals surface area contributed by atoms with E-state index in [1.165, 1.54) is 0 Å². The van der Waals surface area contributed by atoms with Crippen LogP contribution in [0.25, 0.3) is 0 Å². The Balaban J connectivity index is 3.12. The third-order valence-corrected chi connectivity index (χ3v) is 2.51. The number of benzene rings is 1. The molecule has 0 saturated carbocycles.